The Morgan fingerprint density at radius 3 is 2.27 bits per heavy atom. The van der Waals surface area contributed by atoms with E-state index in [9.17, 15) is 5.11 Å². The first-order valence-electron chi connectivity index (χ1n) is 4.95. The van der Waals surface area contributed by atoms with Crippen LogP contribution in [0.1, 0.15) is 22.6 Å². The lowest BCUT2D eigenvalue weighted by atomic mass is 10.1. The Kier molecular flexibility index (Phi) is 2.11. The molecule has 0 aliphatic carbocycles. The van der Waals surface area contributed by atoms with E-state index in [2.05, 4.69) is 9.97 Å². The second-order valence-electron chi connectivity index (χ2n) is 3.92. The van der Waals surface area contributed by atoms with E-state index < -0.39 is 0 Å². The highest BCUT2D eigenvalue weighted by molar-refractivity contribution is 5.87. The number of hydrogen-bond acceptors (Lipinski definition) is 3. The molecular weight excluding hydrogens is 188 g/mol. The van der Waals surface area contributed by atoms with E-state index in [0.29, 0.717) is 5.69 Å². The van der Waals surface area contributed by atoms with Crippen molar-refractivity contribution < 1.29 is 5.11 Å². The largest absolute Gasteiger partial charge is 0.505 e. The molecule has 0 spiro atoms. The molecule has 0 aromatic carbocycles. The maximum Gasteiger partial charge on any atom is 0.146 e. The van der Waals surface area contributed by atoms with Crippen LogP contribution >= 0.6 is 0 Å². The maximum absolute atomic E-state index is 9.90. The van der Waals surface area contributed by atoms with Crippen molar-refractivity contribution in [3.8, 4) is 5.75 Å². The molecule has 2 aromatic heterocycles. The minimum absolute atomic E-state index is 0.242. The van der Waals surface area contributed by atoms with Gasteiger partial charge in [-0.25, -0.2) is 0 Å². The molecule has 1 N–H and O–H groups in total. The van der Waals surface area contributed by atoms with E-state index in [1.165, 1.54) is 0 Å². The number of rotatable bonds is 0. The summed E-state index contributed by atoms with van der Waals surface area (Å²) in [5.74, 6) is 0.242. The van der Waals surface area contributed by atoms with Gasteiger partial charge in [-0.15, -0.1) is 0 Å². The Morgan fingerprint density at radius 1 is 0.933 bits per heavy atom. The smallest absolute Gasteiger partial charge is 0.146 e. The molecule has 0 atom stereocenters. The summed E-state index contributed by atoms with van der Waals surface area (Å²) in [5, 5.41) is 10.7. The highest BCUT2D eigenvalue weighted by atomic mass is 16.3. The van der Waals surface area contributed by atoms with Crippen molar-refractivity contribution in [3.05, 3.63) is 28.7 Å². The van der Waals surface area contributed by atoms with Crippen LogP contribution < -0.4 is 0 Å². The highest BCUT2D eigenvalue weighted by Gasteiger charge is 2.10. The van der Waals surface area contributed by atoms with Gasteiger partial charge in [-0.2, -0.15) is 0 Å². The van der Waals surface area contributed by atoms with Gasteiger partial charge in [-0.1, -0.05) is 0 Å². The molecule has 0 unspecified atom stereocenters. The molecule has 0 saturated carbocycles. The quantitative estimate of drug-likeness (QED) is 0.714. The van der Waals surface area contributed by atoms with Crippen LogP contribution in [0.4, 0.5) is 0 Å². The fourth-order valence-electron chi connectivity index (χ4n) is 1.71. The SMILES string of the molecule is Cc1cc2c(O)c(C)nc(C)c2nc1C. The van der Waals surface area contributed by atoms with Crippen molar-refractivity contribution in [2.24, 2.45) is 0 Å². The van der Waals surface area contributed by atoms with Gasteiger partial charge in [-0.05, 0) is 39.3 Å². The lowest BCUT2D eigenvalue weighted by Gasteiger charge is -2.08. The number of nitrogens with zero attached hydrogens (tertiary/aromatic N) is 2. The third kappa shape index (κ3) is 1.44. The van der Waals surface area contributed by atoms with E-state index in [1.54, 1.807) is 6.92 Å². The Balaban J connectivity index is 2.97. The van der Waals surface area contributed by atoms with Crippen molar-refractivity contribution in [1.29, 1.82) is 0 Å². The average molecular weight is 202 g/mol. The second-order valence-corrected chi connectivity index (χ2v) is 3.92. The summed E-state index contributed by atoms with van der Waals surface area (Å²) in [6.07, 6.45) is 0. The van der Waals surface area contributed by atoms with Gasteiger partial charge >= 0.3 is 0 Å². The molecule has 0 amide bonds. The normalized spacial score (nSPS) is 10.9. The first kappa shape index (κ1) is 9.90. The van der Waals surface area contributed by atoms with Crippen LogP contribution in [0, 0.1) is 27.7 Å². The second kappa shape index (κ2) is 3.19. The van der Waals surface area contributed by atoms with Crippen molar-refractivity contribution in [3.63, 3.8) is 0 Å². The summed E-state index contributed by atoms with van der Waals surface area (Å²) in [4.78, 5) is 8.71. The molecule has 3 heteroatoms. The summed E-state index contributed by atoms with van der Waals surface area (Å²) in [5.41, 5.74) is 4.38. The van der Waals surface area contributed by atoms with Crippen LogP contribution in [0.2, 0.25) is 0 Å². The minimum atomic E-state index is 0.242. The Bertz CT molecular complexity index is 547. The van der Waals surface area contributed by atoms with Crippen LogP contribution in [0.3, 0.4) is 0 Å². The molecule has 2 rings (SSSR count). The third-order valence-electron chi connectivity index (χ3n) is 2.74. The first-order valence-corrected chi connectivity index (χ1v) is 4.95. The molecule has 3 nitrogen and oxygen atoms in total. The first-order chi connectivity index (χ1) is 7.00. The van der Waals surface area contributed by atoms with E-state index >= 15 is 0 Å². The van der Waals surface area contributed by atoms with E-state index in [0.717, 1.165) is 27.9 Å². The standard InChI is InChI=1S/C12H14N2O/c1-6-5-10-11(14-7(6)2)8(3)13-9(4)12(10)15/h5,15H,1-4H3. The van der Waals surface area contributed by atoms with Crippen LogP contribution in [0.25, 0.3) is 10.9 Å². The minimum Gasteiger partial charge on any atom is -0.505 e. The number of hydrogen-bond donors (Lipinski definition) is 1. The van der Waals surface area contributed by atoms with Crippen LogP contribution in [-0.4, -0.2) is 15.1 Å². The molecule has 78 valence electrons. The fraction of sp³-hybridized carbons (Fsp3) is 0.333. The van der Waals surface area contributed by atoms with Gasteiger partial charge in [0.25, 0.3) is 0 Å². The van der Waals surface area contributed by atoms with Gasteiger partial charge in [0.2, 0.25) is 0 Å². The number of aromatic nitrogens is 2. The van der Waals surface area contributed by atoms with Crippen LogP contribution in [0.5, 0.6) is 5.75 Å². The molecule has 0 radical (unpaired) electrons. The zero-order valence-electron chi connectivity index (χ0n) is 9.42. The summed E-state index contributed by atoms with van der Waals surface area (Å²) in [7, 11) is 0. The number of aryl methyl sites for hydroxylation is 4. The predicted molar refractivity (Wildman–Crippen MR) is 60.2 cm³/mol. The Labute approximate surface area is 88.8 Å². The summed E-state index contributed by atoms with van der Waals surface area (Å²) >= 11 is 0. The van der Waals surface area contributed by atoms with E-state index in [-0.39, 0.29) is 5.75 Å². The molecule has 0 bridgehead atoms. The zero-order chi connectivity index (χ0) is 11.2. The van der Waals surface area contributed by atoms with Crippen molar-refractivity contribution >= 4 is 10.9 Å². The fourth-order valence-corrected chi connectivity index (χ4v) is 1.71. The zero-order valence-corrected chi connectivity index (χ0v) is 9.42. The molecule has 15 heavy (non-hydrogen) atoms. The number of fused-ring (bicyclic) bond motifs is 1. The predicted octanol–water partition coefficient (Wildman–Crippen LogP) is 2.57. The third-order valence-corrected chi connectivity index (χ3v) is 2.74. The van der Waals surface area contributed by atoms with Crippen molar-refractivity contribution in [2.45, 2.75) is 27.7 Å². The Hall–Kier alpha value is -1.64. The monoisotopic (exact) mass is 202 g/mol. The number of aromatic hydroxyl groups is 1. The summed E-state index contributed by atoms with van der Waals surface area (Å²) in [6, 6.07) is 1.97. The van der Waals surface area contributed by atoms with Crippen molar-refractivity contribution in [2.75, 3.05) is 0 Å². The van der Waals surface area contributed by atoms with Gasteiger partial charge in [0, 0.05) is 11.1 Å². The molecule has 2 aromatic rings. The van der Waals surface area contributed by atoms with Gasteiger partial charge in [0.05, 0.1) is 16.9 Å². The van der Waals surface area contributed by atoms with Gasteiger partial charge in [0.1, 0.15) is 5.75 Å². The van der Waals surface area contributed by atoms with Gasteiger partial charge < -0.3 is 5.11 Å². The molecule has 0 aliphatic rings. The molecule has 0 fully saturated rings. The van der Waals surface area contributed by atoms with Gasteiger partial charge in [0.15, 0.2) is 0 Å². The van der Waals surface area contributed by atoms with E-state index in [4.69, 9.17) is 0 Å². The molecule has 0 saturated heterocycles. The van der Waals surface area contributed by atoms with Gasteiger partial charge in [-0.3, -0.25) is 9.97 Å². The van der Waals surface area contributed by atoms with Crippen LogP contribution in [0.15, 0.2) is 6.07 Å². The topological polar surface area (TPSA) is 46.0 Å². The van der Waals surface area contributed by atoms with Crippen LogP contribution in [-0.2, 0) is 0 Å². The average Bonchev–Trinajstić information content (AvgIpc) is 2.18. The highest BCUT2D eigenvalue weighted by Crippen LogP contribution is 2.28. The number of pyridine rings is 2. The Morgan fingerprint density at radius 2 is 1.60 bits per heavy atom. The van der Waals surface area contributed by atoms with Crippen molar-refractivity contribution in [1.82, 2.24) is 9.97 Å². The van der Waals surface area contributed by atoms with E-state index in [1.807, 2.05) is 26.8 Å². The molecule has 2 heterocycles. The summed E-state index contributed by atoms with van der Waals surface area (Å²) < 4.78 is 0. The lowest BCUT2D eigenvalue weighted by molar-refractivity contribution is 0.474. The lowest BCUT2D eigenvalue weighted by Crippen LogP contribution is -1.95. The maximum atomic E-state index is 9.90. The summed E-state index contributed by atoms with van der Waals surface area (Å²) in [6.45, 7) is 7.67. The molecular formula is C12H14N2O. The molecule has 0 aliphatic heterocycles.